The van der Waals surface area contributed by atoms with Crippen molar-refractivity contribution in [1.29, 1.82) is 0 Å². The lowest BCUT2D eigenvalue weighted by Gasteiger charge is -2.08. The van der Waals surface area contributed by atoms with Crippen LogP contribution in [-0.4, -0.2) is 12.1 Å². The Morgan fingerprint density at radius 1 is 1.30 bits per heavy atom. The van der Waals surface area contributed by atoms with Crippen LogP contribution in [0.1, 0.15) is 0 Å². The highest BCUT2D eigenvalue weighted by Gasteiger charge is 2.13. The van der Waals surface area contributed by atoms with Crippen molar-refractivity contribution < 1.29 is 9.15 Å². The zero-order valence-corrected chi connectivity index (χ0v) is 12.8. The molecule has 0 amide bonds. The van der Waals surface area contributed by atoms with Crippen LogP contribution in [-0.2, 0) is 0 Å². The van der Waals surface area contributed by atoms with Crippen LogP contribution in [0.4, 0.5) is 5.69 Å². The Morgan fingerprint density at radius 2 is 2.10 bits per heavy atom. The molecule has 2 N–H and O–H groups in total. The number of hydrogen-bond donors (Lipinski definition) is 1. The summed E-state index contributed by atoms with van der Waals surface area (Å²) in [7, 11) is 1.57. The highest BCUT2D eigenvalue weighted by molar-refractivity contribution is 9.10. The van der Waals surface area contributed by atoms with Crippen LogP contribution in [0, 0.1) is 0 Å². The van der Waals surface area contributed by atoms with Gasteiger partial charge in [0.05, 0.1) is 17.3 Å². The third kappa shape index (κ3) is 2.23. The summed E-state index contributed by atoms with van der Waals surface area (Å²) in [6.07, 6.45) is 0. The summed E-state index contributed by atoms with van der Waals surface area (Å²) in [5.74, 6) is 1.07. The van der Waals surface area contributed by atoms with E-state index in [9.17, 15) is 0 Å². The molecule has 0 saturated carbocycles. The van der Waals surface area contributed by atoms with Gasteiger partial charge in [-0.3, -0.25) is 0 Å². The summed E-state index contributed by atoms with van der Waals surface area (Å²) >= 11 is 9.35. The summed E-state index contributed by atoms with van der Waals surface area (Å²) in [4.78, 5) is 4.41. The van der Waals surface area contributed by atoms with Crippen LogP contribution in [0.15, 0.2) is 39.2 Å². The Balaban J connectivity index is 2.15. The van der Waals surface area contributed by atoms with Crippen molar-refractivity contribution in [2.24, 2.45) is 0 Å². The molecule has 1 heterocycles. The van der Waals surface area contributed by atoms with E-state index in [4.69, 9.17) is 26.5 Å². The van der Waals surface area contributed by atoms with Crippen molar-refractivity contribution >= 4 is 44.3 Å². The summed E-state index contributed by atoms with van der Waals surface area (Å²) in [5, 5.41) is 0.618. The predicted molar refractivity (Wildman–Crippen MR) is 83.1 cm³/mol. The number of hydrogen-bond acceptors (Lipinski definition) is 4. The number of fused-ring (bicyclic) bond motifs is 1. The fourth-order valence-electron chi connectivity index (χ4n) is 1.98. The van der Waals surface area contributed by atoms with Crippen molar-refractivity contribution in [3.63, 3.8) is 0 Å². The van der Waals surface area contributed by atoms with Crippen LogP contribution in [0.5, 0.6) is 5.75 Å². The Morgan fingerprint density at radius 3 is 2.80 bits per heavy atom. The van der Waals surface area contributed by atoms with Crippen molar-refractivity contribution in [3.05, 3.63) is 39.8 Å². The number of nitrogens with zero attached hydrogens (tertiary/aromatic N) is 1. The predicted octanol–water partition coefficient (Wildman–Crippen LogP) is 4.50. The Kier molecular flexibility index (Phi) is 3.31. The Labute approximate surface area is 128 Å². The second-order valence-corrected chi connectivity index (χ2v) is 5.50. The van der Waals surface area contributed by atoms with Gasteiger partial charge < -0.3 is 14.9 Å². The van der Waals surface area contributed by atoms with Gasteiger partial charge in [0.2, 0.25) is 5.89 Å². The minimum absolute atomic E-state index is 0.484. The molecule has 0 unspecified atom stereocenters. The van der Waals surface area contributed by atoms with E-state index in [-0.39, 0.29) is 0 Å². The molecule has 0 fully saturated rings. The molecule has 0 spiro atoms. The Bertz CT molecular complexity index is 778. The van der Waals surface area contributed by atoms with Gasteiger partial charge in [-0.1, -0.05) is 11.6 Å². The number of anilines is 1. The van der Waals surface area contributed by atoms with Crippen LogP contribution >= 0.6 is 27.5 Å². The second-order valence-electron chi connectivity index (χ2n) is 4.21. The van der Waals surface area contributed by atoms with E-state index in [0.717, 1.165) is 10.0 Å². The Hall–Kier alpha value is -1.72. The fourth-order valence-corrected chi connectivity index (χ4v) is 2.78. The summed E-state index contributed by atoms with van der Waals surface area (Å²) in [5.41, 5.74) is 8.60. The molecule has 0 aliphatic heterocycles. The SMILES string of the molecule is COc1c(N)cc(-c2nc3cc(Cl)ccc3o2)cc1Br. The zero-order chi connectivity index (χ0) is 14.3. The van der Waals surface area contributed by atoms with Gasteiger partial charge in [-0.05, 0) is 46.3 Å². The molecule has 6 heteroatoms. The van der Waals surface area contributed by atoms with Gasteiger partial charge in [0, 0.05) is 10.6 Å². The number of nitrogen functional groups attached to an aromatic ring is 1. The summed E-state index contributed by atoms with van der Waals surface area (Å²) in [6, 6.07) is 8.91. The monoisotopic (exact) mass is 352 g/mol. The molecule has 4 nitrogen and oxygen atoms in total. The maximum absolute atomic E-state index is 5.94. The summed E-state index contributed by atoms with van der Waals surface area (Å²) in [6.45, 7) is 0. The number of ether oxygens (including phenoxy) is 1. The van der Waals surface area contributed by atoms with E-state index in [1.165, 1.54) is 0 Å². The smallest absolute Gasteiger partial charge is 0.227 e. The van der Waals surface area contributed by atoms with Crippen LogP contribution in [0.25, 0.3) is 22.6 Å². The average Bonchev–Trinajstić information content (AvgIpc) is 2.81. The first kappa shape index (κ1) is 13.3. The number of aromatic nitrogens is 1. The molecule has 0 aliphatic rings. The van der Waals surface area contributed by atoms with Gasteiger partial charge in [0.15, 0.2) is 11.3 Å². The van der Waals surface area contributed by atoms with Crippen molar-refractivity contribution in [1.82, 2.24) is 4.98 Å². The van der Waals surface area contributed by atoms with Gasteiger partial charge >= 0.3 is 0 Å². The first-order chi connectivity index (χ1) is 9.58. The first-order valence-corrected chi connectivity index (χ1v) is 6.95. The number of benzene rings is 2. The molecule has 0 saturated heterocycles. The van der Waals surface area contributed by atoms with E-state index >= 15 is 0 Å². The third-order valence-corrected chi connectivity index (χ3v) is 3.70. The van der Waals surface area contributed by atoms with E-state index in [1.54, 1.807) is 31.4 Å². The maximum atomic E-state index is 5.94. The molecule has 1 aromatic heterocycles. The van der Waals surface area contributed by atoms with E-state index < -0.39 is 0 Å². The van der Waals surface area contributed by atoms with Gasteiger partial charge in [-0.15, -0.1) is 0 Å². The van der Waals surface area contributed by atoms with Gasteiger partial charge in [0.1, 0.15) is 5.52 Å². The van der Waals surface area contributed by atoms with Gasteiger partial charge in [-0.2, -0.15) is 0 Å². The average molecular weight is 354 g/mol. The van der Waals surface area contributed by atoms with Crippen LogP contribution in [0.3, 0.4) is 0 Å². The topological polar surface area (TPSA) is 61.3 Å². The minimum atomic E-state index is 0.484. The van der Waals surface area contributed by atoms with Crippen molar-refractivity contribution in [2.75, 3.05) is 12.8 Å². The van der Waals surface area contributed by atoms with Crippen LogP contribution in [0.2, 0.25) is 5.02 Å². The second kappa shape index (κ2) is 5.00. The lowest BCUT2D eigenvalue weighted by molar-refractivity contribution is 0.414. The molecule has 3 rings (SSSR count). The van der Waals surface area contributed by atoms with Gasteiger partial charge in [0.25, 0.3) is 0 Å². The normalized spacial score (nSPS) is 10.9. The molecule has 102 valence electrons. The molecule has 0 radical (unpaired) electrons. The largest absolute Gasteiger partial charge is 0.493 e. The molecular formula is C14H10BrClN2O2. The molecule has 20 heavy (non-hydrogen) atoms. The lowest BCUT2D eigenvalue weighted by Crippen LogP contribution is -1.94. The highest BCUT2D eigenvalue weighted by Crippen LogP contribution is 2.36. The highest BCUT2D eigenvalue weighted by atomic mass is 79.9. The van der Waals surface area contributed by atoms with E-state index in [2.05, 4.69) is 20.9 Å². The molecule has 2 aromatic carbocycles. The molecular weight excluding hydrogens is 344 g/mol. The number of methoxy groups -OCH3 is 1. The third-order valence-electron chi connectivity index (χ3n) is 2.87. The molecule has 0 atom stereocenters. The molecule has 0 bridgehead atoms. The molecule has 3 aromatic rings. The van der Waals surface area contributed by atoms with Crippen molar-refractivity contribution in [2.45, 2.75) is 0 Å². The minimum Gasteiger partial charge on any atom is -0.493 e. The fraction of sp³-hybridized carbons (Fsp3) is 0.0714. The number of rotatable bonds is 2. The number of nitrogens with two attached hydrogens (primary N) is 1. The standard InChI is InChI=1S/C14H10BrClN2O2/c1-19-13-9(15)4-7(5-10(13)17)14-18-11-6-8(16)2-3-12(11)20-14/h2-6H,17H2,1H3. The van der Waals surface area contributed by atoms with Crippen LogP contribution < -0.4 is 10.5 Å². The first-order valence-electron chi connectivity index (χ1n) is 5.78. The van der Waals surface area contributed by atoms with E-state index in [0.29, 0.717) is 33.4 Å². The lowest BCUT2D eigenvalue weighted by atomic mass is 10.2. The quantitative estimate of drug-likeness (QED) is 0.689. The zero-order valence-electron chi connectivity index (χ0n) is 10.5. The maximum Gasteiger partial charge on any atom is 0.227 e. The summed E-state index contributed by atoms with van der Waals surface area (Å²) < 4.78 is 11.7. The number of oxazole rings is 1. The van der Waals surface area contributed by atoms with Gasteiger partial charge in [-0.25, -0.2) is 4.98 Å². The van der Waals surface area contributed by atoms with Crippen molar-refractivity contribution in [3.8, 4) is 17.2 Å². The number of halogens is 2. The van der Waals surface area contributed by atoms with E-state index in [1.807, 2.05) is 6.07 Å². The molecule has 0 aliphatic carbocycles.